The Kier molecular flexibility index (Phi) is 6.41. The van der Waals surface area contributed by atoms with Crippen molar-refractivity contribution in [2.24, 2.45) is 9.98 Å². The van der Waals surface area contributed by atoms with E-state index in [-0.39, 0.29) is 11.4 Å². The lowest BCUT2D eigenvalue weighted by Gasteiger charge is -2.35. The smallest absolute Gasteiger partial charge is 0.321 e. The van der Waals surface area contributed by atoms with Gasteiger partial charge in [-0.05, 0) is 54.3 Å². The molecule has 2 aromatic carbocycles. The Balaban J connectivity index is 1.46. The maximum absolute atomic E-state index is 12.8. The fraction of sp³-hybridized carbons (Fsp3) is 0.444. The Morgan fingerprint density at radius 3 is 2.24 bits per heavy atom. The fourth-order valence-corrected chi connectivity index (χ4v) is 4.91. The van der Waals surface area contributed by atoms with Crippen molar-refractivity contribution in [1.29, 1.82) is 0 Å². The molecule has 0 saturated carbocycles. The molecule has 2 heterocycles. The van der Waals surface area contributed by atoms with Gasteiger partial charge in [0.15, 0.2) is 5.66 Å². The van der Waals surface area contributed by atoms with Gasteiger partial charge in [0.1, 0.15) is 5.04 Å². The third-order valence-corrected chi connectivity index (χ3v) is 7.33. The van der Waals surface area contributed by atoms with Crippen molar-refractivity contribution in [2.75, 3.05) is 24.7 Å². The van der Waals surface area contributed by atoms with Crippen LogP contribution in [0.2, 0.25) is 0 Å². The first-order valence-corrected chi connectivity index (χ1v) is 12.8. The van der Waals surface area contributed by atoms with E-state index < -0.39 is 5.66 Å². The number of nitrogens with zero attached hydrogens (tertiary/aromatic N) is 3. The average Bonchev–Trinajstić information content (AvgIpc) is 3.14. The van der Waals surface area contributed by atoms with Crippen LogP contribution in [-0.4, -0.2) is 46.7 Å². The Labute approximate surface area is 201 Å². The second-order valence-electron chi connectivity index (χ2n) is 10.1. The van der Waals surface area contributed by atoms with Crippen molar-refractivity contribution in [3.63, 3.8) is 0 Å². The minimum atomic E-state index is -0.451. The number of rotatable bonds is 2. The lowest BCUT2D eigenvalue weighted by atomic mass is 9.86. The molecular weight excluding hydrogens is 428 g/mol. The third kappa shape index (κ3) is 5.01. The van der Waals surface area contributed by atoms with E-state index in [9.17, 15) is 4.79 Å². The van der Waals surface area contributed by atoms with Gasteiger partial charge in [-0.3, -0.25) is 4.99 Å². The summed E-state index contributed by atoms with van der Waals surface area (Å²) in [5.74, 6) is 0. The molecule has 2 aliphatic rings. The second kappa shape index (κ2) is 8.98. The van der Waals surface area contributed by atoms with Gasteiger partial charge in [0.05, 0.1) is 5.71 Å². The van der Waals surface area contributed by atoms with Gasteiger partial charge in [0.25, 0.3) is 0 Å². The van der Waals surface area contributed by atoms with E-state index in [1.54, 1.807) is 11.8 Å². The first-order chi connectivity index (χ1) is 15.6. The van der Waals surface area contributed by atoms with Gasteiger partial charge in [-0.2, -0.15) is 0 Å². The number of piperidine rings is 1. The minimum Gasteiger partial charge on any atom is -0.324 e. The van der Waals surface area contributed by atoms with Gasteiger partial charge < -0.3 is 10.2 Å². The summed E-state index contributed by atoms with van der Waals surface area (Å²) in [6.45, 7) is 12.1. The van der Waals surface area contributed by atoms with E-state index >= 15 is 0 Å². The molecule has 174 valence electrons. The molecule has 2 aromatic rings. The molecular formula is C27H34N4OS. The second-order valence-corrected chi connectivity index (χ2v) is 10.9. The molecule has 2 amide bonds. The van der Waals surface area contributed by atoms with Crippen molar-refractivity contribution in [3.05, 3.63) is 64.7 Å². The van der Waals surface area contributed by atoms with Crippen LogP contribution in [0.1, 0.15) is 55.9 Å². The molecule has 0 aliphatic carbocycles. The maximum atomic E-state index is 12.8. The van der Waals surface area contributed by atoms with E-state index in [1.807, 2.05) is 23.1 Å². The van der Waals surface area contributed by atoms with Crippen molar-refractivity contribution >= 4 is 34.2 Å². The lowest BCUT2D eigenvalue weighted by molar-refractivity contribution is 0.175. The van der Waals surface area contributed by atoms with Crippen molar-refractivity contribution in [2.45, 2.75) is 58.5 Å². The SMILES string of the molecule is CSC1=NC2(CCN(C(=O)Nc3ccc(C)c(C)c3)CC2)N=C1c1ccc(C(C)(C)C)cc1. The number of nitrogens with one attached hydrogen (secondary N) is 1. The lowest BCUT2D eigenvalue weighted by Crippen LogP contribution is -2.46. The molecule has 0 aromatic heterocycles. The van der Waals surface area contributed by atoms with Crippen molar-refractivity contribution in [1.82, 2.24) is 4.90 Å². The Bertz CT molecular complexity index is 1100. The largest absolute Gasteiger partial charge is 0.324 e. The normalized spacial score (nSPS) is 17.7. The summed E-state index contributed by atoms with van der Waals surface area (Å²) in [6.07, 6.45) is 3.53. The maximum Gasteiger partial charge on any atom is 0.321 e. The number of carbonyl (C=O) groups is 1. The number of aryl methyl sites for hydroxylation is 2. The van der Waals surface area contributed by atoms with Crippen LogP contribution >= 0.6 is 11.8 Å². The number of urea groups is 1. The first-order valence-electron chi connectivity index (χ1n) is 11.6. The van der Waals surface area contributed by atoms with Crippen LogP contribution in [0.4, 0.5) is 10.5 Å². The average molecular weight is 463 g/mol. The van der Waals surface area contributed by atoms with Crippen LogP contribution in [0.3, 0.4) is 0 Å². The number of anilines is 1. The molecule has 6 heteroatoms. The number of hydrogen-bond donors (Lipinski definition) is 1. The molecule has 0 bridgehead atoms. The molecule has 2 aliphatic heterocycles. The molecule has 1 spiro atoms. The van der Waals surface area contributed by atoms with Gasteiger partial charge in [-0.15, -0.1) is 11.8 Å². The highest BCUT2D eigenvalue weighted by Crippen LogP contribution is 2.35. The summed E-state index contributed by atoms with van der Waals surface area (Å²) in [7, 11) is 0. The summed E-state index contributed by atoms with van der Waals surface area (Å²) in [6, 6.07) is 14.7. The van der Waals surface area contributed by atoms with Gasteiger partial charge in [-0.25, -0.2) is 9.79 Å². The van der Waals surface area contributed by atoms with Crippen LogP contribution in [-0.2, 0) is 5.41 Å². The summed E-state index contributed by atoms with van der Waals surface area (Å²) in [5, 5.41) is 4.03. The highest BCUT2D eigenvalue weighted by atomic mass is 32.2. The van der Waals surface area contributed by atoms with Gasteiger partial charge >= 0.3 is 6.03 Å². The molecule has 4 rings (SSSR count). The van der Waals surface area contributed by atoms with Crippen molar-refractivity contribution in [3.8, 4) is 0 Å². The highest BCUT2D eigenvalue weighted by molar-refractivity contribution is 8.15. The molecule has 1 saturated heterocycles. The number of thioether (sulfide) groups is 1. The van der Waals surface area contributed by atoms with Gasteiger partial charge in [-0.1, -0.05) is 51.1 Å². The number of benzene rings is 2. The molecule has 0 radical (unpaired) electrons. The first kappa shape index (κ1) is 23.6. The molecule has 33 heavy (non-hydrogen) atoms. The van der Waals surface area contributed by atoms with Crippen LogP contribution in [0, 0.1) is 13.8 Å². The van der Waals surface area contributed by atoms with E-state index in [1.165, 1.54) is 16.7 Å². The van der Waals surface area contributed by atoms with Gasteiger partial charge in [0, 0.05) is 37.2 Å². The zero-order chi connectivity index (χ0) is 23.8. The minimum absolute atomic E-state index is 0.0536. The Morgan fingerprint density at radius 2 is 1.67 bits per heavy atom. The summed E-state index contributed by atoms with van der Waals surface area (Å²) >= 11 is 1.65. The standard InChI is InChI=1S/C27H34N4OS/c1-18-7-12-22(17-19(18)2)28-25(32)31-15-13-27(14-16-31)29-23(24(30-27)33-6)20-8-10-21(11-9-20)26(3,4)5/h7-12,17H,13-16H2,1-6H3,(H,28,32). The van der Waals surface area contributed by atoms with E-state index in [0.717, 1.165) is 34.8 Å². The Hall–Kier alpha value is -2.60. The predicted octanol–water partition coefficient (Wildman–Crippen LogP) is 6.19. The van der Waals surface area contributed by atoms with E-state index in [2.05, 4.69) is 70.5 Å². The zero-order valence-corrected chi connectivity index (χ0v) is 21.3. The molecule has 0 unspecified atom stereocenters. The molecule has 1 N–H and O–H groups in total. The van der Waals surface area contributed by atoms with Crippen LogP contribution in [0.25, 0.3) is 0 Å². The van der Waals surface area contributed by atoms with Crippen LogP contribution in [0.15, 0.2) is 52.4 Å². The zero-order valence-electron chi connectivity index (χ0n) is 20.5. The highest BCUT2D eigenvalue weighted by Gasteiger charge is 2.40. The fourth-order valence-electron chi connectivity index (χ4n) is 4.29. The summed E-state index contributed by atoms with van der Waals surface area (Å²) in [4.78, 5) is 24.9. The quantitative estimate of drug-likeness (QED) is 0.578. The number of likely N-dealkylation sites (tertiary alicyclic amines) is 1. The summed E-state index contributed by atoms with van der Waals surface area (Å²) < 4.78 is 0. The summed E-state index contributed by atoms with van der Waals surface area (Å²) in [5.41, 5.74) is 6.31. The number of carbonyl (C=O) groups excluding carboxylic acids is 1. The van der Waals surface area contributed by atoms with Crippen molar-refractivity contribution < 1.29 is 4.79 Å². The molecule has 0 atom stereocenters. The topological polar surface area (TPSA) is 57.1 Å². The molecule has 1 fully saturated rings. The van der Waals surface area contributed by atoms with Crippen LogP contribution in [0.5, 0.6) is 0 Å². The monoisotopic (exact) mass is 462 g/mol. The Morgan fingerprint density at radius 1 is 1.00 bits per heavy atom. The molecule has 5 nitrogen and oxygen atoms in total. The third-order valence-electron chi connectivity index (χ3n) is 6.66. The predicted molar refractivity (Wildman–Crippen MR) is 141 cm³/mol. The van der Waals surface area contributed by atoms with Gasteiger partial charge in [0.2, 0.25) is 0 Å². The van der Waals surface area contributed by atoms with E-state index in [4.69, 9.17) is 9.98 Å². The number of amides is 2. The van der Waals surface area contributed by atoms with E-state index in [0.29, 0.717) is 13.1 Å². The number of hydrogen-bond acceptors (Lipinski definition) is 4. The van der Waals surface area contributed by atoms with Crippen LogP contribution < -0.4 is 5.32 Å². The number of aliphatic imine (C=N–C) groups is 2.